The van der Waals surface area contributed by atoms with Crippen LogP contribution in [0.3, 0.4) is 0 Å². The lowest BCUT2D eigenvalue weighted by Crippen LogP contribution is -2.46. The number of ether oxygens (including phenoxy) is 1. The summed E-state index contributed by atoms with van der Waals surface area (Å²) in [6, 6.07) is 0. The van der Waals surface area contributed by atoms with Crippen molar-refractivity contribution in [3.05, 3.63) is 0 Å². The fourth-order valence-electron chi connectivity index (χ4n) is 1.60. The van der Waals surface area contributed by atoms with Gasteiger partial charge in [-0.15, -0.1) is 0 Å². The highest BCUT2D eigenvalue weighted by Crippen LogP contribution is 2.40. The molecule has 1 fully saturated rings. The Labute approximate surface area is 79.6 Å². The van der Waals surface area contributed by atoms with E-state index in [0.717, 1.165) is 19.3 Å². The number of hydrogen-bond acceptors (Lipinski definition) is 3. The van der Waals surface area contributed by atoms with Gasteiger partial charge in [-0.2, -0.15) is 0 Å². The molecular formula is C10H19NO2. The standard InChI is InChI=1S/C10H19NO2/c1-8(2)13-6-9(12)10(7-11)4-3-5-10/h8H,3-7,11H2,1-2H3. The maximum Gasteiger partial charge on any atom is 0.165 e. The molecule has 1 aliphatic rings. The second-order valence-corrected chi connectivity index (χ2v) is 4.12. The van der Waals surface area contributed by atoms with Gasteiger partial charge in [0.15, 0.2) is 5.78 Å². The first kappa shape index (κ1) is 10.7. The van der Waals surface area contributed by atoms with E-state index in [0.29, 0.717) is 6.54 Å². The normalized spacial score (nSPS) is 20.0. The van der Waals surface area contributed by atoms with Crippen molar-refractivity contribution in [3.8, 4) is 0 Å². The van der Waals surface area contributed by atoms with Crippen molar-refractivity contribution in [1.29, 1.82) is 0 Å². The summed E-state index contributed by atoms with van der Waals surface area (Å²) in [5.41, 5.74) is 5.37. The van der Waals surface area contributed by atoms with Crippen LogP contribution < -0.4 is 5.73 Å². The number of hydrogen-bond donors (Lipinski definition) is 1. The van der Waals surface area contributed by atoms with E-state index in [1.165, 1.54) is 0 Å². The molecular weight excluding hydrogens is 166 g/mol. The molecule has 0 aliphatic heterocycles. The van der Waals surface area contributed by atoms with Crippen molar-refractivity contribution in [2.75, 3.05) is 13.2 Å². The van der Waals surface area contributed by atoms with Gasteiger partial charge in [-0.1, -0.05) is 6.42 Å². The summed E-state index contributed by atoms with van der Waals surface area (Å²) in [5.74, 6) is 0.190. The van der Waals surface area contributed by atoms with Crippen molar-refractivity contribution < 1.29 is 9.53 Å². The number of rotatable bonds is 5. The lowest BCUT2D eigenvalue weighted by molar-refractivity contribution is -0.139. The van der Waals surface area contributed by atoms with Gasteiger partial charge in [-0.05, 0) is 26.7 Å². The molecule has 0 heterocycles. The molecule has 0 radical (unpaired) electrons. The second-order valence-electron chi connectivity index (χ2n) is 4.12. The summed E-state index contributed by atoms with van der Waals surface area (Å²) < 4.78 is 5.28. The van der Waals surface area contributed by atoms with Crippen LogP contribution >= 0.6 is 0 Å². The largest absolute Gasteiger partial charge is 0.371 e. The molecule has 0 amide bonds. The van der Waals surface area contributed by atoms with E-state index in [9.17, 15) is 4.79 Å². The summed E-state index contributed by atoms with van der Waals surface area (Å²) in [6.07, 6.45) is 3.15. The van der Waals surface area contributed by atoms with Crippen molar-refractivity contribution >= 4 is 5.78 Å². The smallest absolute Gasteiger partial charge is 0.165 e. The van der Waals surface area contributed by atoms with Gasteiger partial charge in [0.25, 0.3) is 0 Å². The molecule has 1 saturated carbocycles. The Bertz CT molecular complexity index is 180. The number of nitrogens with two attached hydrogens (primary N) is 1. The van der Waals surface area contributed by atoms with Crippen LogP contribution in [-0.4, -0.2) is 25.0 Å². The maximum atomic E-state index is 11.7. The van der Waals surface area contributed by atoms with Crippen molar-refractivity contribution in [1.82, 2.24) is 0 Å². The average Bonchev–Trinajstić information content (AvgIpc) is 2.00. The van der Waals surface area contributed by atoms with Crippen LogP contribution in [0.1, 0.15) is 33.1 Å². The molecule has 0 atom stereocenters. The predicted octanol–water partition coefficient (Wildman–Crippen LogP) is 1.11. The van der Waals surface area contributed by atoms with Crippen LogP contribution in [-0.2, 0) is 9.53 Å². The molecule has 0 bridgehead atoms. The van der Waals surface area contributed by atoms with E-state index < -0.39 is 0 Å². The van der Waals surface area contributed by atoms with Gasteiger partial charge in [-0.25, -0.2) is 0 Å². The van der Waals surface area contributed by atoms with E-state index in [1.807, 2.05) is 13.8 Å². The van der Waals surface area contributed by atoms with Crippen LogP contribution in [0.25, 0.3) is 0 Å². The highest BCUT2D eigenvalue weighted by molar-refractivity contribution is 5.87. The molecule has 13 heavy (non-hydrogen) atoms. The van der Waals surface area contributed by atoms with Crippen LogP contribution in [0.4, 0.5) is 0 Å². The van der Waals surface area contributed by atoms with Gasteiger partial charge >= 0.3 is 0 Å². The Morgan fingerprint density at radius 3 is 2.46 bits per heavy atom. The van der Waals surface area contributed by atoms with Crippen molar-refractivity contribution in [3.63, 3.8) is 0 Å². The third-order valence-corrected chi connectivity index (χ3v) is 2.84. The summed E-state index contributed by atoms with van der Waals surface area (Å²) in [7, 11) is 0. The van der Waals surface area contributed by atoms with Gasteiger partial charge in [0.05, 0.1) is 6.10 Å². The van der Waals surface area contributed by atoms with E-state index in [-0.39, 0.29) is 23.9 Å². The summed E-state index contributed by atoms with van der Waals surface area (Å²) in [4.78, 5) is 11.7. The Morgan fingerprint density at radius 1 is 1.54 bits per heavy atom. The van der Waals surface area contributed by atoms with Gasteiger partial charge in [0.1, 0.15) is 6.61 Å². The molecule has 3 heteroatoms. The Hall–Kier alpha value is -0.410. The fourth-order valence-corrected chi connectivity index (χ4v) is 1.60. The van der Waals surface area contributed by atoms with E-state index >= 15 is 0 Å². The van der Waals surface area contributed by atoms with Gasteiger partial charge in [0, 0.05) is 12.0 Å². The van der Waals surface area contributed by atoms with E-state index in [1.54, 1.807) is 0 Å². The third kappa shape index (κ3) is 2.29. The Balaban J connectivity index is 2.37. The number of Topliss-reactive ketones (excluding diaryl/α,β-unsaturated/α-hetero) is 1. The zero-order valence-electron chi connectivity index (χ0n) is 8.51. The third-order valence-electron chi connectivity index (χ3n) is 2.84. The first-order valence-corrected chi connectivity index (χ1v) is 4.96. The van der Waals surface area contributed by atoms with Crippen LogP contribution in [0.5, 0.6) is 0 Å². The van der Waals surface area contributed by atoms with Gasteiger partial charge < -0.3 is 10.5 Å². The minimum atomic E-state index is -0.227. The molecule has 0 aromatic carbocycles. The topological polar surface area (TPSA) is 52.3 Å². The molecule has 0 spiro atoms. The van der Waals surface area contributed by atoms with Crippen LogP contribution in [0.15, 0.2) is 0 Å². The zero-order valence-corrected chi connectivity index (χ0v) is 8.51. The minimum absolute atomic E-state index is 0.124. The highest BCUT2D eigenvalue weighted by Gasteiger charge is 2.42. The first-order chi connectivity index (χ1) is 6.10. The van der Waals surface area contributed by atoms with Gasteiger partial charge in [0.2, 0.25) is 0 Å². The van der Waals surface area contributed by atoms with E-state index in [4.69, 9.17) is 10.5 Å². The molecule has 3 nitrogen and oxygen atoms in total. The SMILES string of the molecule is CC(C)OCC(=O)C1(CN)CCC1. The van der Waals surface area contributed by atoms with Crippen molar-refractivity contribution in [2.24, 2.45) is 11.1 Å². The monoisotopic (exact) mass is 185 g/mol. The predicted molar refractivity (Wildman–Crippen MR) is 51.4 cm³/mol. The Kier molecular flexibility index (Phi) is 3.45. The molecule has 0 saturated heterocycles. The average molecular weight is 185 g/mol. The summed E-state index contributed by atoms with van der Waals surface area (Å²) in [6.45, 7) is 4.58. The molecule has 1 aliphatic carbocycles. The lowest BCUT2D eigenvalue weighted by atomic mass is 9.66. The quantitative estimate of drug-likeness (QED) is 0.698. The van der Waals surface area contributed by atoms with Gasteiger partial charge in [-0.3, -0.25) is 4.79 Å². The summed E-state index contributed by atoms with van der Waals surface area (Å²) in [5, 5.41) is 0. The van der Waals surface area contributed by atoms with Crippen LogP contribution in [0.2, 0.25) is 0 Å². The summed E-state index contributed by atoms with van der Waals surface area (Å²) >= 11 is 0. The van der Waals surface area contributed by atoms with Crippen LogP contribution in [0, 0.1) is 5.41 Å². The first-order valence-electron chi connectivity index (χ1n) is 4.96. The lowest BCUT2D eigenvalue weighted by Gasteiger charge is -2.39. The number of carbonyl (C=O) groups excluding carboxylic acids is 1. The highest BCUT2D eigenvalue weighted by atomic mass is 16.5. The molecule has 0 aromatic heterocycles. The fraction of sp³-hybridized carbons (Fsp3) is 0.900. The molecule has 76 valence electrons. The second kappa shape index (κ2) is 4.20. The minimum Gasteiger partial charge on any atom is -0.371 e. The van der Waals surface area contributed by atoms with E-state index in [2.05, 4.69) is 0 Å². The zero-order chi connectivity index (χ0) is 9.90. The Morgan fingerprint density at radius 2 is 2.15 bits per heavy atom. The molecule has 1 rings (SSSR count). The number of carbonyl (C=O) groups is 1. The van der Waals surface area contributed by atoms with Crippen molar-refractivity contribution in [2.45, 2.75) is 39.2 Å². The molecule has 0 aromatic rings. The maximum absolute atomic E-state index is 11.7. The molecule has 0 unspecified atom stereocenters. The molecule has 2 N–H and O–H groups in total. The number of ketones is 1.